The first kappa shape index (κ1) is 16.8. The molecule has 0 saturated heterocycles. The molecule has 116 valence electrons. The molecule has 2 aromatic carbocycles. The number of benzene rings is 2. The second-order valence-corrected chi connectivity index (χ2v) is 5.98. The lowest BCUT2D eigenvalue weighted by molar-refractivity contribution is -0.118. The number of hydrogen-bond acceptors (Lipinski definition) is 3. The molecule has 0 aromatic heterocycles. The van der Waals surface area contributed by atoms with Gasteiger partial charge in [0.2, 0.25) is 0 Å². The van der Waals surface area contributed by atoms with Gasteiger partial charge >= 0.3 is 0 Å². The number of ether oxygens (including phenoxy) is 1. The molecule has 0 heterocycles. The van der Waals surface area contributed by atoms with E-state index in [0.717, 1.165) is 10.0 Å². The number of hydrogen-bond donors (Lipinski definition) is 2. The Labute approximate surface area is 142 Å². The zero-order valence-corrected chi connectivity index (χ0v) is 14.2. The van der Waals surface area contributed by atoms with Gasteiger partial charge < -0.3 is 15.2 Å². The van der Waals surface area contributed by atoms with Gasteiger partial charge in [0.15, 0.2) is 6.61 Å². The molecular weight excluding hydrogens is 370 g/mol. The second kappa shape index (κ2) is 7.63. The van der Waals surface area contributed by atoms with E-state index in [9.17, 15) is 9.90 Å². The number of nitrogens with one attached hydrogen (secondary N) is 1. The van der Waals surface area contributed by atoms with Crippen LogP contribution in [0, 0.1) is 6.92 Å². The molecule has 0 spiro atoms. The number of anilines is 1. The predicted octanol–water partition coefficient (Wildman–Crippen LogP) is 3.92. The van der Waals surface area contributed by atoms with Crippen LogP contribution in [0.3, 0.4) is 0 Å². The minimum atomic E-state index is -0.294. The summed E-state index contributed by atoms with van der Waals surface area (Å²) in [6.45, 7) is 1.52. The molecule has 4 nitrogen and oxygen atoms in total. The van der Waals surface area contributed by atoms with Crippen molar-refractivity contribution in [1.29, 1.82) is 0 Å². The van der Waals surface area contributed by atoms with E-state index in [2.05, 4.69) is 21.2 Å². The number of amides is 1. The van der Waals surface area contributed by atoms with Gasteiger partial charge in [-0.2, -0.15) is 0 Å². The Hall–Kier alpha value is -1.56. The lowest BCUT2D eigenvalue weighted by Gasteiger charge is -2.12. The number of carbonyl (C=O) groups is 1. The van der Waals surface area contributed by atoms with E-state index in [1.165, 1.54) is 0 Å². The van der Waals surface area contributed by atoms with Crippen LogP contribution >= 0.6 is 27.5 Å². The Morgan fingerprint density at radius 3 is 2.86 bits per heavy atom. The van der Waals surface area contributed by atoms with Crippen LogP contribution in [0.15, 0.2) is 40.9 Å². The summed E-state index contributed by atoms with van der Waals surface area (Å²) in [7, 11) is 0. The highest BCUT2D eigenvalue weighted by Crippen LogP contribution is 2.24. The summed E-state index contributed by atoms with van der Waals surface area (Å²) in [6.07, 6.45) is 0. The topological polar surface area (TPSA) is 58.6 Å². The smallest absolute Gasteiger partial charge is 0.262 e. The van der Waals surface area contributed by atoms with Crippen molar-refractivity contribution in [2.45, 2.75) is 13.5 Å². The van der Waals surface area contributed by atoms with Crippen LogP contribution in [-0.2, 0) is 11.4 Å². The highest BCUT2D eigenvalue weighted by atomic mass is 79.9. The summed E-state index contributed by atoms with van der Waals surface area (Å²) in [6, 6.07) is 10.5. The molecule has 0 atom stereocenters. The minimum Gasteiger partial charge on any atom is -0.483 e. The molecule has 6 heteroatoms. The summed E-state index contributed by atoms with van der Waals surface area (Å²) < 4.78 is 6.30. The van der Waals surface area contributed by atoms with Gasteiger partial charge in [-0.3, -0.25) is 4.79 Å². The predicted molar refractivity (Wildman–Crippen MR) is 90.4 cm³/mol. The fourth-order valence-corrected chi connectivity index (χ4v) is 2.47. The molecule has 0 saturated carbocycles. The van der Waals surface area contributed by atoms with Gasteiger partial charge in [0.25, 0.3) is 5.91 Å². The van der Waals surface area contributed by atoms with Crippen molar-refractivity contribution in [1.82, 2.24) is 0 Å². The van der Waals surface area contributed by atoms with E-state index in [1.807, 2.05) is 6.92 Å². The normalized spacial score (nSPS) is 10.4. The van der Waals surface area contributed by atoms with Crippen LogP contribution in [0.25, 0.3) is 0 Å². The molecule has 0 radical (unpaired) electrons. The van der Waals surface area contributed by atoms with Gasteiger partial charge in [-0.1, -0.05) is 33.6 Å². The number of halogens is 2. The molecule has 2 N–H and O–H groups in total. The monoisotopic (exact) mass is 383 g/mol. The summed E-state index contributed by atoms with van der Waals surface area (Å²) in [4.78, 5) is 12.0. The quantitative estimate of drug-likeness (QED) is 0.821. The van der Waals surface area contributed by atoms with E-state index in [0.29, 0.717) is 22.0 Å². The molecule has 0 aliphatic rings. The Kier molecular flexibility index (Phi) is 5.83. The van der Waals surface area contributed by atoms with Gasteiger partial charge in [-0.15, -0.1) is 0 Å². The van der Waals surface area contributed by atoms with E-state index in [-0.39, 0.29) is 19.1 Å². The number of rotatable bonds is 5. The maximum Gasteiger partial charge on any atom is 0.262 e. The first-order valence-corrected chi connectivity index (χ1v) is 7.75. The summed E-state index contributed by atoms with van der Waals surface area (Å²) >= 11 is 9.33. The largest absolute Gasteiger partial charge is 0.483 e. The third-order valence-corrected chi connectivity index (χ3v) is 4.00. The maximum atomic E-state index is 12.0. The fraction of sp³-hybridized carbons (Fsp3) is 0.188. The molecule has 0 fully saturated rings. The summed E-state index contributed by atoms with van der Waals surface area (Å²) in [5, 5.41) is 12.6. The van der Waals surface area contributed by atoms with Crippen molar-refractivity contribution in [2.24, 2.45) is 0 Å². The van der Waals surface area contributed by atoms with Crippen molar-refractivity contribution in [3.05, 3.63) is 57.0 Å². The van der Waals surface area contributed by atoms with Gasteiger partial charge in [-0.05, 0) is 42.8 Å². The first-order chi connectivity index (χ1) is 10.5. The SMILES string of the molecule is Cc1c(Cl)cccc1NC(=O)COc1ccc(Br)cc1CO. The first-order valence-electron chi connectivity index (χ1n) is 6.58. The summed E-state index contributed by atoms with van der Waals surface area (Å²) in [5.74, 6) is 0.181. The number of aliphatic hydroxyl groups is 1. The minimum absolute atomic E-state index is 0.152. The van der Waals surface area contributed by atoms with Crippen LogP contribution < -0.4 is 10.1 Å². The van der Waals surface area contributed by atoms with E-state index < -0.39 is 0 Å². The summed E-state index contributed by atoms with van der Waals surface area (Å²) in [5.41, 5.74) is 2.07. The third kappa shape index (κ3) is 4.22. The Morgan fingerprint density at radius 2 is 2.14 bits per heavy atom. The third-order valence-electron chi connectivity index (χ3n) is 3.09. The fourth-order valence-electron chi connectivity index (χ4n) is 1.88. The molecule has 0 aliphatic carbocycles. The van der Waals surface area contributed by atoms with Crippen LogP contribution in [0.4, 0.5) is 5.69 Å². The van der Waals surface area contributed by atoms with Crippen LogP contribution in [0.5, 0.6) is 5.75 Å². The van der Waals surface area contributed by atoms with Crippen molar-refractivity contribution in [3.8, 4) is 5.75 Å². The Morgan fingerprint density at radius 1 is 1.36 bits per heavy atom. The molecule has 0 bridgehead atoms. The molecular formula is C16H15BrClNO3. The average Bonchev–Trinajstić information content (AvgIpc) is 2.50. The lowest BCUT2D eigenvalue weighted by atomic mass is 10.2. The van der Waals surface area contributed by atoms with Crippen molar-refractivity contribution >= 4 is 39.1 Å². The van der Waals surface area contributed by atoms with Gasteiger partial charge in [0.1, 0.15) is 5.75 Å². The Bertz CT molecular complexity index is 691. The maximum absolute atomic E-state index is 12.0. The highest BCUT2D eigenvalue weighted by molar-refractivity contribution is 9.10. The van der Waals surface area contributed by atoms with Crippen LogP contribution in [0.1, 0.15) is 11.1 Å². The van der Waals surface area contributed by atoms with Crippen LogP contribution in [-0.4, -0.2) is 17.6 Å². The molecule has 2 aromatic rings. The van der Waals surface area contributed by atoms with Crippen molar-refractivity contribution < 1.29 is 14.6 Å². The zero-order chi connectivity index (χ0) is 16.1. The van der Waals surface area contributed by atoms with Gasteiger partial charge in [0.05, 0.1) is 6.61 Å². The van der Waals surface area contributed by atoms with E-state index in [4.69, 9.17) is 16.3 Å². The average molecular weight is 385 g/mol. The second-order valence-electron chi connectivity index (χ2n) is 4.66. The molecule has 0 aliphatic heterocycles. The Balaban J connectivity index is 2.00. The molecule has 0 unspecified atom stereocenters. The van der Waals surface area contributed by atoms with E-state index >= 15 is 0 Å². The van der Waals surface area contributed by atoms with Crippen molar-refractivity contribution in [2.75, 3.05) is 11.9 Å². The number of carbonyl (C=O) groups excluding carboxylic acids is 1. The molecule has 22 heavy (non-hydrogen) atoms. The van der Waals surface area contributed by atoms with Gasteiger partial charge in [0, 0.05) is 20.7 Å². The molecule has 2 rings (SSSR count). The number of aliphatic hydroxyl groups excluding tert-OH is 1. The zero-order valence-electron chi connectivity index (χ0n) is 11.9. The van der Waals surface area contributed by atoms with Crippen molar-refractivity contribution in [3.63, 3.8) is 0 Å². The highest BCUT2D eigenvalue weighted by Gasteiger charge is 2.09. The van der Waals surface area contributed by atoms with Crippen LogP contribution in [0.2, 0.25) is 5.02 Å². The molecule has 1 amide bonds. The van der Waals surface area contributed by atoms with E-state index in [1.54, 1.807) is 36.4 Å². The lowest BCUT2D eigenvalue weighted by Crippen LogP contribution is -2.21. The standard InChI is InChI=1S/C16H15BrClNO3/c1-10-13(18)3-2-4-14(10)19-16(21)9-22-15-6-5-12(17)7-11(15)8-20/h2-7,20H,8-9H2,1H3,(H,19,21). The van der Waals surface area contributed by atoms with Gasteiger partial charge in [-0.25, -0.2) is 0 Å².